The molecule has 2 aromatic heterocycles. The van der Waals surface area contributed by atoms with Crippen LogP contribution >= 0.6 is 27.5 Å². The van der Waals surface area contributed by atoms with Crippen molar-refractivity contribution in [2.45, 2.75) is 25.3 Å². The van der Waals surface area contributed by atoms with Crippen LogP contribution in [0.1, 0.15) is 24.5 Å². The van der Waals surface area contributed by atoms with Crippen LogP contribution in [-0.4, -0.2) is 41.5 Å². The van der Waals surface area contributed by atoms with Gasteiger partial charge in [-0.05, 0) is 35.3 Å². The molecule has 0 saturated carbocycles. The highest BCUT2D eigenvalue weighted by atomic mass is 79.9. The van der Waals surface area contributed by atoms with Crippen molar-refractivity contribution in [1.82, 2.24) is 14.5 Å². The number of hydrogen-bond donors (Lipinski definition) is 0. The summed E-state index contributed by atoms with van der Waals surface area (Å²) in [4.78, 5) is 9.03. The maximum Gasteiger partial charge on any atom is 0.160 e. The van der Waals surface area contributed by atoms with Crippen LogP contribution in [0.15, 0.2) is 16.7 Å². The summed E-state index contributed by atoms with van der Waals surface area (Å²) in [6, 6.07) is 1.96. The van der Waals surface area contributed by atoms with E-state index in [0.29, 0.717) is 19.8 Å². The lowest BCUT2D eigenvalue weighted by atomic mass is 10.4. The van der Waals surface area contributed by atoms with Gasteiger partial charge in [-0.2, -0.15) is 0 Å². The molecule has 0 fully saturated rings. The average Bonchev–Trinajstić information content (AvgIpc) is 2.80. The van der Waals surface area contributed by atoms with Gasteiger partial charge in [0.15, 0.2) is 5.65 Å². The van der Waals surface area contributed by atoms with Crippen LogP contribution < -0.4 is 0 Å². The number of alkyl halides is 1. The lowest BCUT2D eigenvalue weighted by Crippen LogP contribution is -2.09. The quantitative estimate of drug-likeness (QED) is 0.522. The molecule has 0 aliphatic carbocycles. The van der Waals surface area contributed by atoms with Gasteiger partial charge in [0.1, 0.15) is 11.3 Å². The number of aromatic nitrogens is 3. The summed E-state index contributed by atoms with van der Waals surface area (Å²) in [5.41, 5.74) is 1.71. The molecule has 0 bridgehead atoms. The summed E-state index contributed by atoms with van der Waals surface area (Å²) in [5, 5.41) is -0.160. The van der Waals surface area contributed by atoms with Gasteiger partial charge in [0.2, 0.25) is 0 Å². The molecule has 0 aliphatic heterocycles. The van der Waals surface area contributed by atoms with E-state index < -0.39 is 0 Å². The molecule has 1 unspecified atom stereocenters. The van der Waals surface area contributed by atoms with E-state index in [-0.39, 0.29) is 5.38 Å². The second-order valence-electron chi connectivity index (χ2n) is 4.69. The zero-order valence-electron chi connectivity index (χ0n) is 12.2. The Labute approximate surface area is 137 Å². The molecule has 0 spiro atoms. The van der Waals surface area contributed by atoms with Crippen molar-refractivity contribution < 1.29 is 9.47 Å². The first-order valence-electron chi connectivity index (χ1n) is 6.86. The first kappa shape index (κ1) is 16.7. The van der Waals surface area contributed by atoms with Crippen molar-refractivity contribution in [2.75, 3.05) is 26.9 Å². The number of imidazole rings is 1. The summed E-state index contributed by atoms with van der Waals surface area (Å²) < 4.78 is 13.4. The van der Waals surface area contributed by atoms with E-state index in [0.717, 1.165) is 34.4 Å². The number of hydrogen-bond acceptors (Lipinski definition) is 4. The standard InChI is InChI=1S/C14H19BrClN3O2/c1-10(16)13-18-12-8-11(15)9-17-14(12)19(13)4-3-5-21-7-6-20-2/h8-10H,3-7H2,1-2H3. The minimum Gasteiger partial charge on any atom is -0.382 e. The number of nitrogens with zero attached hydrogens (tertiary/aromatic N) is 3. The molecule has 0 aromatic carbocycles. The fourth-order valence-corrected chi connectivity index (χ4v) is 2.58. The number of ether oxygens (including phenoxy) is 2. The van der Waals surface area contributed by atoms with E-state index in [1.807, 2.05) is 13.0 Å². The predicted octanol–water partition coefficient (Wildman–Crippen LogP) is 3.55. The summed E-state index contributed by atoms with van der Waals surface area (Å²) in [6.07, 6.45) is 2.65. The zero-order valence-corrected chi connectivity index (χ0v) is 14.5. The van der Waals surface area contributed by atoms with Crippen LogP contribution in [0, 0.1) is 0 Å². The second-order valence-corrected chi connectivity index (χ2v) is 6.26. The third-order valence-corrected chi connectivity index (χ3v) is 3.67. The average molecular weight is 377 g/mol. The van der Waals surface area contributed by atoms with E-state index >= 15 is 0 Å². The summed E-state index contributed by atoms with van der Waals surface area (Å²) in [5.74, 6) is 0.842. The van der Waals surface area contributed by atoms with E-state index in [2.05, 4.69) is 30.5 Å². The topological polar surface area (TPSA) is 49.2 Å². The Morgan fingerprint density at radius 3 is 2.90 bits per heavy atom. The lowest BCUT2D eigenvalue weighted by Gasteiger charge is -2.10. The van der Waals surface area contributed by atoms with Gasteiger partial charge in [-0.1, -0.05) is 0 Å². The van der Waals surface area contributed by atoms with Crippen LogP contribution in [-0.2, 0) is 16.0 Å². The molecular formula is C14H19BrClN3O2. The third-order valence-electron chi connectivity index (χ3n) is 3.04. The van der Waals surface area contributed by atoms with Crippen molar-refractivity contribution in [3.8, 4) is 0 Å². The Kier molecular flexibility index (Phi) is 6.41. The lowest BCUT2D eigenvalue weighted by molar-refractivity contribution is 0.0680. The minimum atomic E-state index is -0.160. The van der Waals surface area contributed by atoms with Crippen LogP contribution in [0.25, 0.3) is 11.2 Å². The molecule has 21 heavy (non-hydrogen) atoms. The smallest absolute Gasteiger partial charge is 0.160 e. The molecule has 0 N–H and O–H groups in total. The number of halogens is 2. The number of fused-ring (bicyclic) bond motifs is 1. The molecule has 2 rings (SSSR count). The van der Waals surface area contributed by atoms with Crippen molar-refractivity contribution in [1.29, 1.82) is 0 Å². The molecule has 2 aromatic rings. The zero-order chi connectivity index (χ0) is 15.2. The van der Waals surface area contributed by atoms with Gasteiger partial charge >= 0.3 is 0 Å². The second kappa shape index (κ2) is 8.08. The Morgan fingerprint density at radius 2 is 2.19 bits per heavy atom. The normalized spacial score (nSPS) is 13.0. The van der Waals surface area contributed by atoms with Crippen LogP contribution in [0.3, 0.4) is 0 Å². The Hall–Kier alpha value is -0.690. The van der Waals surface area contributed by atoms with E-state index in [1.165, 1.54) is 0 Å². The number of methoxy groups -OCH3 is 1. The first-order chi connectivity index (χ1) is 10.1. The largest absolute Gasteiger partial charge is 0.382 e. The highest BCUT2D eigenvalue weighted by molar-refractivity contribution is 9.10. The van der Waals surface area contributed by atoms with Gasteiger partial charge in [0, 0.05) is 30.9 Å². The summed E-state index contributed by atoms with van der Waals surface area (Å²) in [6.45, 7) is 4.61. The monoisotopic (exact) mass is 375 g/mol. The number of pyridine rings is 1. The highest BCUT2D eigenvalue weighted by Gasteiger charge is 2.15. The Balaban J connectivity index is 2.08. The first-order valence-corrected chi connectivity index (χ1v) is 8.09. The van der Waals surface area contributed by atoms with Crippen LogP contribution in [0.5, 0.6) is 0 Å². The Morgan fingerprint density at radius 1 is 1.38 bits per heavy atom. The van der Waals surface area contributed by atoms with Gasteiger partial charge in [0.05, 0.1) is 18.6 Å². The molecule has 0 radical (unpaired) electrons. The molecule has 2 heterocycles. The molecule has 1 atom stereocenters. The van der Waals surface area contributed by atoms with Crippen molar-refractivity contribution in [2.24, 2.45) is 0 Å². The molecule has 0 amide bonds. The number of rotatable bonds is 8. The summed E-state index contributed by atoms with van der Waals surface area (Å²) in [7, 11) is 1.67. The van der Waals surface area contributed by atoms with Crippen LogP contribution in [0.4, 0.5) is 0 Å². The minimum absolute atomic E-state index is 0.160. The molecule has 7 heteroatoms. The maximum atomic E-state index is 6.23. The van der Waals surface area contributed by atoms with Gasteiger partial charge in [-0.25, -0.2) is 9.97 Å². The van der Waals surface area contributed by atoms with Gasteiger partial charge in [0.25, 0.3) is 0 Å². The molecule has 5 nitrogen and oxygen atoms in total. The fraction of sp³-hybridized carbons (Fsp3) is 0.571. The van der Waals surface area contributed by atoms with E-state index in [1.54, 1.807) is 13.3 Å². The summed E-state index contributed by atoms with van der Waals surface area (Å²) >= 11 is 9.64. The third kappa shape index (κ3) is 4.39. The fourth-order valence-electron chi connectivity index (χ4n) is 2.10. The number of aryl methyl sites for hydroxylation is 1. The molecule has 0 aliphatic rings. The Bertz CT molecular complexity index is 589. The van der Waals surface area contributed by atoms with Crippen molar-refractivity contribution >= 4 is 38.7 Å². The van der Waals surface area contributed by atoms with Gasteiger partial charge in [-0.15, -0.1) is 11.6 Å². The van der Waals surface area contributed by atoms with Crippen LogP contribution in [0.2, 0.25) is 0 Å². The molecule has 116 valence electrons. The highest BCUT2D eigenvalue weighted by Crippen LogP contribution is 2.25. The molecule has 0 saturated heterocycles. The van der Waals surface area contributed by atoms with Gasteiger partial charge < -0.3 is 14.0 Å². The SMILES string of the molecule is COCCOCCCn1c(C(C)Cl)nc2cc(Br)cnc21. The van der Waals surface area contributed by atoms with Crippen molar-refractivity contribution in [3.05, 3.63) is 22.6 Å². The van der Waals surface area contributed by atoms with Gasteiger partial charge in [-0.3, -0.25) is 0 Å². The molecular weight excluding hydrogens is 358 g/mol. The maximum absolute atomic E-state index is 6.23. The van der Waals surface area contributed by atoms with Crippen molar-refractivity contribution in [3.63, 3.8) is 0 Å². The van der Waals surface area contributed by atoms with E-state index in [9.17, 15) is 0 Å². The predicted molar refractivity (Wildman–Crippen MR) is 86.8 cm³/mol. The van der Waals surface area contributed by atoms with E-state index in [4.69, 9.17) is 21.1 Å².